The lowest BCUT2D eigenvalue weighted by Crippen LogP contribution is -2.52. The predicted octanol–water partition coefficient (Wildman–Crippen LogP) is 5.40. The van der Waals surface area contributed by atoms with E-state index in [9.17, 15) is 9.59 Å². The molecule has 4 nitrogen and oxygen atoms in total. The summed E-state index contributed by atoms with van der Waals surface area (Å²) in [4.78, 5) is 22.6. The Labute approximate surface area is 154 Å². The van der Waals surface area contributed by atoms with Gasteiger partial charge in [0.15, 0.2) is 11.3 Å². The minimum absolute atomic E-state index is 0.261. The van der Waals surface area contributed by atoms with Gasteiger partial charge in [0, 0.05) is 6.42 Å². The third-order valence-corrected chi connectivity index (χ3v) is 4.69. The maximum absolute atomic E-state index is 11.7. The molecule has 0 amide bonds. The topological polar surface area (TPSA) is 80.4 Å². The highest BCUT2D eigenvalue weighted by molar-refractivity contribution is 6.06. The Morgan fingerprint density at radius 1 is 0.840 bits per heavy atom. The van der Waals surface area contributed by atoms with E-state index in [-0.39, 0.29) is 12.2 Å². The van der Waals surface area contributed by atoms with Crippen LogP contribution in [0.2, 0.25) is 0 Å². The van der Waals surface area contributed by atoms with Crippen molar-refractivity contribution in [2.75, 3.05) is 0 Å². The van der Waals surface area contributed by atoms with E-state index < -0.39 is 11.5 Å². The van der Waals surface area contributed by atoms with Crippen molar-refractivity contribution in [3.8, 4) is 0 Å². The first-order valence-corrected chi connectivity index (χ1v) is 10.1. The Bertz CT molecular complexity index is 389. The molecule has 0 radical (unpaired) electrons. The summed E-state index contributed by atoms with van der Waals surface area (Å²) in [5.74, 6) is -1.62. The number of allylic oxidation sites excluding steroid dienone is 2. The van der Waals surface area contributed by atoms with Gasteiger partial charge in [0.05, 0.1) is 0 Å². The zero-order valence-corrected chi connectivity index (χ0v) is 16.4. The van der Waals surface area contributed by atoms with E-state index in [1.807, 2.05) is 0 Å². The predicted molar refractivity (Wildman–Crippen MR) is 105 cm³/mol. The lowest BCUT2D eigenvalue weighted by atomic mass is 9.93. The van der Waals surface area contributed by atoms with Crippen molar-refractivity contribution in [2.24, 2.45) is 5.73 Å². The van der Waals surface area contributed by atoms with Crippen LogP contribution in [0.3, 0.4) is 0 Å². The van der Waals surface area contributed by atoms with E-state index in [1.165, 1.54) is 58.3 Å². The molecular formula is C21H39NO3. The second-order valence-corrected chi connectivity index (χ2v) is 7.26. The van der Waals surface area contributed by atoms with Crippen LogP contribution < -0.4 is 5.73 Å². The van der Waals surface area contributed by atoms with Crippen LogP contribution in [0, 0.1) is 0 Å². The summed E-state index contributed by atoms with van der Waals surface area (Å²) in [5.41, 5.74) is 3.77. The van der Waals surface area contributed by atoms with Crippen molar-refractivity contribution in [1.82, 2.24) is 0 Å². The second kappa shape index (κ2) is 15.1. The van der Waals surface area contributed by atoms with E-state index in [2.05, 4.69) is 19.1 Å². The first-order chi connectivity index (χ1) is 11.9. The Morgan fingerprint density at radius 3 is 1.76 bits per heavy atom. The SMILES string of the molecule is CCCCCCCCC=CCCCCCCCC(=O)C(C)(N)C(=O)O. The monoisotopic (exact) mass is 353 g/mol. The standard InChI is InChI=1S/C21H39NO3/c1-3-4-5-6-7-8-9-10-11-12-13-14-15-16-17-18-19(23)21(2,22)20(24)25/h10-11H,3-9,12-18,22H2,1-2H3,(H,24,25). The largest absolute Gasteiger partial charge is 0.480 e. The van der Waals surface area contributed by atoms with Crippen molar-refractivity contribution in [3.63, 3.8) is 0 Å². The van der Waals surface area contributed by atoms with Crippen LogP contribution in [0.4, 0.5) is 0 Å². The second-order valence-electron chi connectivity index (χ2n) is 7.26. The van der Waals surface area contributed by atoms with Gasteiger partial charge in [-0.05, 0) is 39.0 Å². The van der Waals surface area contributed by atoms with Gasteiger partial charge in [-0.15, -0.1) is 0 Å². The number of ketones is 1. The number of nitrogens with two attached hydrogens (primary N) is 1. The number of unbranched alkanes of at least 4 members (excludes halogenated alkanes) is 11. The first-order valence-electron chi connectivity index (χ1n) is 10.1. The molecule has 0 bridgehead atoms. The van der Waals surface area contributed by atoms with Crippen LogP contribution in [0.1, 0.15) is 104 Å². The third-order valence-electron chi connectivity index (χ3n) is 4.69. The molecule has 0 aromatic rings. The molecule has 1 unspecified atom stereocenters. The summed E-state index contributed by atoms with van der Waals surface area (Å²) in [7, 11) is 0. The smallest absolute Gasteiger partial charge is 0.331 e. The van der Waals surface area contributed by atoms with Crippen molar-refractivity contribution in [3.05, 3.63) is 12.2 Å². The van der Waals surface area contributed by atoms with Crippen LogP contribution in [0.15, 0.2) is 12.2 Å². The minimum atomic E-state index is -1.74. The molecule has 3 N–H and O–H groups in total. The summed E-state index contributed by atoms with van der Waals surface area (Å²) in [5, 5.41) is 8.88. The summed E-state index contributed by atoms with van der Waals surface area (Å²) in [6, 6.07) is 0. The molecule has 0 aromatic carbocycles. The zero-order valence-electron chi connectivity index (χ0n) is 16.4. The molecule has 146 valence electrons. The van der Waals surface area contributed by atoms with Gasteiger partial charge in [-0.25, -0.2) is 4.79 Å². The Hall–Kier alpha value is -1.16. The van der Waals surface area contributed by atoms with Crippen LogP contribution in [-0.4, -0.2) is 22.4 Å². The van der Waals surface area contributed by atoms with Crippen molar-refractivity contribution in [1.29, 1.82) is 0 Å². The first kappa shape index (κ1) is 23.8. The maximum Gasteiger partial charge on any atom is 0.331 e. The van der Waals surface area contributed by atoms with Gasteiger partial charge in [-0.1, -0.05) is 70.4 Å². The molecule has 0 aromatic heterocycles. The lowest BCUT2D eigenvalue weighted by molar-refractivity contribution is -0.147. The van der Waals surface area contributed by atoms with E-state index in [1.54, 1.807) is 0 Å². The van der Waals surface area contributed by atoms with E-state index >= 15 is 0 Å². The molecule has 25 heavy (non-hydrogen) atoms. The summed E-state index contributed by atoms with van der Waals surface area (Å²) in [6.45, 7) is 3.52. The number of carboxylic acids is 1. The summed E-state index contributed by atoms with van der Waals surface area (Å²) < 4.78 is 0. The molecular weight excluding hydrogens is 314 g/mol. The lowest BCUT2D eigenvalue weighted by Gasteiger charge is -2.17. The van der Waals surface area contributed by atoms with Crippen LogP contribution in [0.25, 0.3) is 0 Å². The highest BCUT2D eigenvalue weighted by Gasteiger charge is 2.35. The van der Waals surface area contributed by atoms with Gasteiger partial charge in [0.2, 0.25) is 0 Å². The van der Waals surface area contributed by atoms with Gasteiger partial charge in [-0.3, -0.25) is 4.79 Å². The molecule has 0 saturated carbocycles. The highest BCUT2D eigenvalue weighted by atomic mass is 16.4. The van der Waals surface area contributed by atoms with Crippen LogP contribution in [-0.2, 0) is 9.59 Å². The summed E-state index contributed by atoms with van der Waals surface area (Å²) in [6.07, 6.45) is 20.4. The molecule has 0 aliphatic carbocycles. The fraction of sp³-hybridized carbons (Fsp3) is 0.810. The normalized spacial score (nSPS) is 13.9. The molecule has 4 heteroatoms. The molecule has 0 saturated heterocycles. The van der Waals surface area contributed by atoms with Crippen molar-refractivity contribution in [2.45, 2.75) is 109 Å². The molecule has 0 heterocycles. The number of hydrogen-bond donors (Lipinski definition) is 2. The number of carbonyl (C=O) groups excluding carboxylic acids is 1. The van der Waals surface area contributed by atoms with E-state index in [0.29, 0.717) is 0 Å². The van der Waals surface area contributed by atoms with Crippen LogP contribution in [0.5, 0.6) is 0 Å². The number of Topliss-reactive ketones (excluding diaryl/α,β-unsaturated/α-hetero) is 1. The molecule has 0 aliphatic heterocycles. The number of hydrogen-bond acceptors (Lipinski definition) is 3. The average molecular weight is 354 g/mol. The fourth-order valence-electron chi connectivity index (χ4n) is 2.74. The molecule has 1 atom stereocenters. The number of carbonyl (C=O) groups is 2. The number of aliphatic carboxylic acids is 1. The van der Waals surface area contributed by atoms with E-state index in [0.717, 1.165) is 32.1 Å². The van der Waals surface area contributed by atoms with Gasteiger partial charge < -0.3 is 10.8 Å². The average Bonchev–Trinajstić information content (AvgIpc) is 2.57. The zero-order chi connectivity index (χ0) is 19.0. The number of rotatable bonds is 17. The Morgan fingerprint density at radius 2 is 1.28 bits per heavy atom. The molecule has 0 spiro atoms. The summed E-state index contributed by atoms with van der Waals surface area (Å²) >= 11 is 0. The molecule has 0 aliphatic rings. The quantitative estimate of drug-likeness (QED) is 0.208. The molecule has 0 fully saturated rings. The Balaban J connectivity index is 3.40. The third kappa shape index (κ3) is 12.8. The van der Waals surface area contributed by atoms with Crippen molar-refractivity contribution < 1.29 is 14.7 Å². The minimum Gasteiger partial charge on any atom is -0.480 e. The van der Waals surface area contributed by atoms with Gasteiger partial charge in [0.1, 0.15) is 0 Å². The maximum atomic E-state index is 11.7. The van der Waals surface area contributed by atoms with Gasteiger partial charge in [0.25, 0.3) is 0 Å². The van der Waals surface area contributed by atoms with Crippen molar-refractivity contribution >= 4 is 11.8 Å². The highest BCUT2D eigenvalue weighted by Crippen LogP contribution is 2.12. The van der Waals surface area contributed by atoms with Gasteiger partial charge >= 0.3 is 5.97 Å². The van der Waals surface area contributed by atoms with E-state index in [4.69, 9.17) is 10.8 Å². The fourth-order valence-corrected chi connectivity index (χ4v) is 2.74. The van der Waals surface area contributed by atoms with Gasteiger partial charge in [-0.2, -0.15) is 0 Å². The Kier molecular flexibility index (Phi) is 14.4. The van der Waals surface area contributed by atoms with Crippen LogP contribution >= 0.6 is 0 Å². The molecule has 0 rings (SSSR count). The number of carboxylic acid groups (broad SMARTS) is 1.